The molecule has 0 atom stereocenters. The van der Waals surface area contributed by atoms with Gasteiger partial charge in [0.05, 0.1) is 6.21 Å². The van der Waals surface area contributed by atoms with E-state index in [4.69, 9.17) is 16.3 Å². The van der Waals surface area contributed by atoms with Gasteiger partial charge in [0, 0.05) is 10.6 Å². The van der Waals surface area contributed by atoms with Crippen LogP contribution in [-0.2, 0) is 4.79 Å². The lowest BCUT2D eigenvalue weighted by molar-refractivity contribution is -0.123. The molecule has 2 N–H and O–H groups in total. The van der Waals surface area contributed by atoms with Crippen molar-refractivity contribution in [3.8, 4) is 11.5 Å². The molecule has 5 nitrogen and oxygen atoms in total. The maximum atomic E-state index is 11.6. The van der Waals surface area contributed by atoms with Gasteiger partial charge in [-0.25, -0.2) is 5.43 Å². The third kappa shape index (κ3) is 4.79. The SMILES string of the molecule is Cc1ccc(/C=N/NC(=O)COc2cccc(Cl)c2)c(O)c1. The topological polar surface area (TPSA) is 70.9 Å². The molecule has 2 aromatic carbocycles. The summed E-state index contributed by atoms with van der Waals surface area (Å²) in [6.45, 7) is 1.69. The Bertz CT molecular complexity index is 702. The minimum absolute atomic E-state index is 0.105. The second kappa shape index (κ2) is 7.47. The summed E-state index contributed by atoms with van der Waals surface area (Å²) in [5.74, 6) is 0.193. The van der Waals surface area contributed by atoms with Crippen LogP contribution in [0.1, 0.15) is 11.1 Å². The van der Waals surface area contributed by atoms with Crippen molar-refractivity contribution in [1.82, 2.24) is 5.43 Å². The first kappa shape index (κ1) is 15.9. The smallest absolute Gasteiger partial charge is 0.277 e. The number of phenols is 1. The van der Waals surface area contributed by atoms with E-state index < -0.39 is 5.91 Å². The predicted octanol–water partition coefficient (Wildman–Crippen LogP) is 2.88. The van der Waals surface area contributed by atoms with Gasteiger partial charge < -0.3 is 9.84 Å². The number of carbonyl (C=O) groups excluding carboxylic acids is 1. The maximum Gasteiger partial charge on any atom is 0.277 e. The number of halogens is 1. The molecule has 0 radical (unpaired) electrons. The molecule has 0 saturated carbocycles. The summed E-state index contributed by atoms with van der Waals surface area (Å²) in [6.07, 6.45) is 1.37. The molecule has 0 bridgehead atoms. The van der Waals surface area contributed by atoms with E-state index in [-0.39, 0.29) is 12.4 Å². The number of aryl methyl sites for hydroxylation is 1. The Labute approximate surface area is 133 Å². The lowest BCUT2D eigenvalue weighted by atomic mass is 10.1. The van der Waals surface area contributed by atoms with Crippen LogP contribution in [0.15, 0.2) is 47.6 Å². The summed E-state index contributed by atoms with van der Waals surface area (Å²) in [7, 11) is 0. The summed E-state index contributed by atoms with van der Waals surface area (Å²) >= 11 is 5.81. The monoisotopic (exact) mass is 318 g/mol. The summed E-state index contributed by atoms with van der Waals surface area (Å²) in [5.41, 5.74) is 3.77. The fourth-order valence-electron chi connectivity index (χ4n) is 1.67. The van der Waals surface area contributed by atoms with Crippen LogP contribution in [0.5, 0.6) is 11.5 Å². The molecule has 0 aliphatic heterocycles. The van der Waals surface area contributed by atoms with Gasteiger partial charge in [0.2, 0.25) is 0 Å². The number of phenolic OH excluding ortho intramolecular Hbond substituents is 1. The summed E-state index contributed by atoms with van der Waals surface area (Å²) < 4.78 is 5.27. The predicted molar refractivity (Wildman–Crippen MR) is 85.5 cm³/mol. The average molecular weight is 319 g/mol. The van der Waals surface area contributed by atoms with Crippen molar-refractivity contribution in [1.29, 1.82) is 0 Å². The van der Waals surface area contributed by atoms with E-state index in [0.29, 0.717) is 16.3 Å². The highest BCUT2D eigenvalue weighted by atomic mass is 35.5. The van der Waals surface area contributed by atoms with Crippen molar-refractivity contribution in [2.24, 2.45) is 5.10 Å². The van der Waals surface area contributed by atoms with Gasteiger partial charge in [-0.3, -0.25) is 4.79 Å². The Morgan fingerprint density at radius 3 is 2.91 bits per heavy atom. The van der Waals surface area contributed by atoms with Crippen LogP contribution in [0.25, 0.3) is 0 Å². The number of nitrogens with zero attached hydrogens (tertiary/aromatic N) is 1. The molecule has 2 aromatic rings. The zero-order valence-corrected chi connectivity index (χ0v) is 12.7. The van der Waals surface area contributed by atoms with E-state index >= 15 is 0 Å². The van der Waals surface area contributed by atoms with E-state index in [0.717, 1.165) is 5.56 Å². The fourth-order valence-corrected chi connectivity index (χ4v) is 1.85. The van der Waals surface area contributed by atoms with Crippen molar-refractivity contribution in [2.75, 3.05) is 6.61 Å². The molecule has 2 rings (SSSR count). The highest BCUT2D eigenvalue weighted by Crippen LogP contribution is 2.17. The minimum Gasteiger partial charge on any atom is -0.507 e. The van der Waals surface area contributed by atoms with E-state index in [1.54, 1.807) is 36.4 Å². The molecule has 0 aromatic heterocycles. The van der Waals surface area contributed by atoms with Gasteiger partial charge in [-0.05, 0) is 42.8 Å². The largest absolute Gasteiger partial charge is 0.507 e. The van der Waals surface area contributed by atoms with Crippen molar-refractivity contribution < 1.29 is 14.6 Å². The quantitative estimate of drug-likeness (QED) is 0.658. The number of hydrogen-bond acceptors (Lipinski definition) is 4. The molecule has 0 fully saturated rings. The van der Waals surface area contributed by atoms with Crippen molar-refractivity contribution in [3.63, 3.8) is 0 Å². The Kier molecular flexibility index (Phi) is 5.38. The van der Waals surface area contributed by atoms with Gasteiger partial charge >= 0.3 is 0 Å². The maximum absolute atomic E-state index is 11.6. The molecular weight excluding hydrogens is 304 g/mol. The normalized spacial score (nSPS) is 10.6. The molecule has 1 amide bonds. The third-order valence-electron chi connectivity index (χ3n) is 2.74. The number of nitrogens with one attached hydrogen (secondary N) is 1. The number of carbonyl (C=O) groups is 1. The van der Waals surface area contributed by atoms with Gasteiger partial charge in [-0.1, -0.05) is 23.7 Å². The molecule has 0 aliphatic carbocycles. The fraction of sp³-hybridized carbons (Fsp3) is 0.125. The standard InChI is InChI=1S/C16H15ClN2O3/c1-11-5-6-12(15(20)7-11)9-18-19-16(21)10-22-14-4-2-3-13(17)8-14/h2-9,20H,10H2,1H3,(H,19,21)/b18-9+. The Morgan fingerprint density at radius 1 is 1.36 bits per heavy atom. The molecule has 0 heterocycles. The van der Waals surface area contributed by atoms with E-state index in [2.05, 4.69) is 10.5 Å². The first-order valence-corrected chi connectivity index (χ1v) is 6.92. The first-order chi connectivity index (χ1) is 10.5. The number of aromatic hydroxyl groups is 1. The van der Waals surface area contributed by atoms with Crippen molar-refractivity contribution in [2.45, 2.75) is 6.92 Å². The van der Waals surface area contributed by atoms with Crippen LogP contribution in [0.4, 0.5) is 0 Å². The summed E-state index contributed by atoms with van der Waals surface area (Å²) in [4.78, 5) is 11.6. The van der Waals surface area contributed by atoms with Crippen molar-refractivity contribution in [3.05, 3.63) is 58.6 Å². The van der Waals surface area contributed by atoms with Crippen LogP contribution in [-0.4, -0.2) is 23.8 Å². The van der Waals surface area contributed by atoms with Crippen LogP contribution >= 0.6 is 11.6 Å². The highest BCUT2D eigenvalue weighted by Gasteiger charge is 2.02. The molecule has 6 heteroatoms. The van der Waals surface area contributed by atoms with Crippen LogP contribution in [0.3, 0.4) is 0 Å². The van der Waals surface area contributed by atoms with E-state index in [9.17, 15) is 9.90 Å². The van der Waals surface area contributed by atoms with Gasteiger partial charge in [-0.15, -0.1) is 0 Å². The molecule has 0 saturated heterocycles. The number of ether oxygens (including phenoxy) is 1. The van der Waals surface area contributed by atoms with Crippen LogP contribution in [0, 0.1) is 6.92 Å². The first-order valence-electron chi connectivity index (χ1n) is 6.54. The van der Waals surface area contributed by atoms with Crippen molar-refractivity contribution >= 4 is 23.7 Å². The molecule has 0 aliphatic rings. The Morgan fingerprint density at radius 2 is 2.18 bits per heavy atom. The van der Waals surface area contributed by atoms with Gasteiger partial charge in [0.15, 0.2) is 6.61 Å². The Balaban J connectivity index is 1.83. The molecule has 114 valence electrons. The van der Waals surface area contributed by atoms with Gasteiger partial charge in [0.25, 0.3) is 5.91 Å². The molecular formula is C16H15ClN2O3. The second-order valence-corrected chi connectivity index (χ2v) is 5.04. The van der Waals surface area contributed by atoms with Gasteiger partial charge in [-0.2, -0.15) is 5.10 Å². The second-order valence-electron chi connectivity index (χ2n) is 4.60. The lowest BCUT2D eigenvalue weighted by Gasteiger charge is -2.05. The number of hydrazone groups is 1. The average Bonchev–Trinajstić information content (AvgIpc) is 2.47. The molecule has 22 heavy (non-hydrogen) atoms. The number of hydrogen-bond donors (Lipinski definition) is 2. The van der Waals surface area contributed by atoms with Gasteiger partial charge in [0.1, 0.15) is 11.5 Å². The zero-order valence-electron chi connectivity index (χ0n) is 11.9. The highest BCUT2D eigenvalue weighted by molar-refractivity contribution is 6.30. The summed E-state index contributed by atoms with van der Waals surface area (Å²) in [5, 5.41) is 14.0. The molecule has 0 unspecified atom stereocenters. The van der Waals surface area contributed by atoms with Crippen LogP contribution in [0.2, 0.25) is 5.02 Å². The zero-order chi connectivity index (χ0) is 15.9. The summed E-state index contributed by atoms with van der Waals surface area (Å²) in [6, 6.07) is 11.9. The van der Waals surface area contributed by atoms with E-state index in [1.165, 1.54) is 6.21 Å². The van der Waals surface area contributed by atoms with Crippen LogP contribution < -0.4 is 10.2 Å². The number of amides is 1. The number of rotatable bonds is 5. The number of benzene rings is 2. The Hall–Kier alpha value is -2.53. The lowest BCUT2D eigenvalue weighted by Crippen LogP contribution is -2.24. The molecule has 0 spiro atoms. The van der Waals surface area contributed by atoms with E-state index in [1.807, 2.05) is 13.0 Å². The minimum atomic E-state index is -0.414. The third-order valence-corrected chi connectivity index (χ3v) is 2.98.